The summed E-state index contributed by atoms with van der Waals surface area (Å²) in [6.45, 7) is 6.82. The summed E-state index contributed by atoms with van der Waals surface area (Å²) in [4.78, 5) is 20.8. The maximum Gasteiger partial charge on any atom is 0.313 e. The Morgan fingerprint density at radius 3 is 2.33 bits per heavy atom. The van der Waals surface area contributed by atoms with Gasteiger partial charge in [-0.3, -0.25) is 4.79 Å². The summed E-state index contributed by atoms with van der Waals surface area (Å²) < 4.78 is 39.9. The van der Waals surface area contributed by atoms with Gasteiger partial charge in [-0.15, -0.1) is 6.58 Å². The zero-order valence-corrected chi connectivity index (χ0v) is 19.6. The number of carboxylic acid groups (broad SMARTS) is 1. The van der Waals surface area contributed by atoms with E-state index in [4.69, 9.17) is 0 Å². The lowest BCUT2D eigenvalue weighted by molar-refractivity contribution is -0.142. The number of aromatic nitrogens is 2. The molecule has 0 bridgehead atoms. The maximum absolute atomic E-state index is 14.8. The number of aliphatic hydroxyl groups is 2. The van der Waals surface area contributed by atoms with E-state index in [-0.39, 0.29) is 34.9 Å². The van der Waals surface area contributed by atoms with Crippen LogP contribution in [0.15, 0.2) is 36.9 Å². The number of carboxylic acids is 1. The fourth-order valence-electron chi connectivity index (χ4n) is 3.33. The average molecular weight is 482 g/mol. The number of nitrogens with zero attached hydrogens (tertiary/aromatic N) is 3. The molecule has 0 radical (unpaired) electrons. The summed E-state index contributed by atoms with van der Waals surface area (Å²) in [5.74, 6) is -4.51. The van der Waals surface area contributed by atoms with Crippen molar-refractivity contribution in [1.29, 1.82) is 0 Å². The molecule has 1 heterocycles. The topological polar surface area (TPSA) is 141 Å². The van der Waals surface area contributed by atoms with E-state index in [9.17, 15) is 32.9 Å². The molecule has 2 aromatic rings. The van der Waals surface area contributed by atoms with Crippen LogP contribution >= 0.6 is 0 Å². The number of hydrogen-bond acceptors (Lipinski definition) is 7. The Morgan fingerprint density at radius 2 is 1.85 bits per heavy atom. The molecule has 3 atom stereocenters. The number of anilines is 1. The van der Waals surface area contributed by atoms with Gasteiger partial charge in [0.2, 0.25) is 16.0 Å². The number of aliphatic hydroxyl groups excluding tert-OH is 2. The van der Waals surface area contributed by atoms with Crippen LogP contribution in [0.25, 0.3) is 11.3 Å². The fraction of sp³-hybridized carbons (Fsp3) is 0.409. The molecule has 9 nitrogen and oxygen atoms in total. The summed E-state index contributed by atoms with van der Waals surface area (Å²) in [6, 6.07) is 5.49. The lowest BCUT2D eigenvalue weighted by atomic mass is 9.84. The van der Waals surface area contributed by atoms with E-state index >= 15 is 0 Å². The lowest BCUT2D eigenvalue weighted by Crippen LogP contribution is -2.33. The molecule has 11 heteroatoms. The van der Waals surface area contributed by atoms with Crippen molar-refractivity contribution >= 4 is 21.9 Å². The van der Waals surface area contributed by atoms with Crippen LogP contribution in [0.4, 0.5) is 10.3 Å². The predicted molar refractivity (Wildman–Crippen MR) is 122 cm³/mol. The molecule has 0 aliphatic carbocycles. The second kappa shape index (κ2) is 10.4. The summed E-state index contributed by atoms with van der Waals surface area (Å²) in [5, 5.41) is 30.6. The van der Waals surface area contributed by atoms with Crippen molar-refractivity contribution in [2.75, 3.05) is 17.6 Å². The SMILES string of the molecule is C=C[C@@H](O)C[C@@H](O)C(C(=O)O)c1c(-c2ccccc2F)nc(N(C)S(C)(=O)=O)nc1C(C)C. The van der Waals surface area contributed by atoms with E-state index < -0.39 is 45.9 Å². The van der Waals surface area contributed by atoms with Crippen LogP contribution in [-0.2, 0) is 14.8 Å². The van der Waals surface area contributed by atoms with Gasteiger partial charge >= 0.3 is 5.97 Å². The first kappa shape index (κ1) is 26.4. The van der Waals surface area contributed by atoms with Crippen LogP contribution in [-0.4, -0.2) is 65.2 Å². The van der Waals surface area contributed by atoms with Crippen LogP contribution in [0, 0.1) is 5.82 Å². The minimum absolute atomic E-state index is 0.0583. The van der Waals surface area contributed by atoms with Crippen LogP contribution in [0.1, 0.15) is 43.4 Å². The zero-order chi connectivity index (χ0) is 25.1. The second-order valence-electron chi connectivity index (χ2n) is 7.96. The van der Waals surface area contributed by atoms with Gasteiger partial charge in [-0.1, -0.05) is 32.1 Å². The second-order valence-corrected chi connectivity index (χ2v) is 9.97. The summed E-state index contributed by atoms with van der Waals surface area (Å²) in [7, 11) is -2.56. The molecule has 3 N–H and O–H groups in total. The van der Waals surface area contributed by atoms with Crippen molar-refractivity contribution in [3.8, 4) is 11.3 Å². The summed E-state index contributed by atoms with van der Waals surface area (Å²) in [6.07, 6.45) is -1.02. The molecular formula is C22H28FN3O6S. The number of halogens is 1. The van der Waals surface area contributed by atoms with Crippen LogP contribution in [0.3, 0.4) is 0 Å². The summed E-state index contributed by atoms with van der Waals surface area (Å²) >= 11 is 0. The van der Waals surface area contributed by atoms with Gasteiger partial charge in [0.15, 0.2) is 0 Å². The van der Waals surface area contributed by atoms with Crippen molar-refractivity contribution in [1.82, 2.24) is 9.97 Å². The van der Waals surface area contributed by atoms with Gasteiger partial charge in [0.25, 0.3) is 0 Å². The monoisotopic (exact) mass is 481 g/mol. The highest BCUT2D eigenvalue weighted by atomic mass is 32.2. The first-order valence-electron chi connectivity index (χ1n) is 10.1. The van der Waals surface area contributed by atoms with E-state index in [0.717, 1.165) is 22.7 Å². The molecule has 0 saturated carbocycles. The van der Waals surface area contributed by atoms with Crippen molar-refractivity contribution in [3.05, 3.63) is 54.0 Å². The first-order valence-corrected chi connectivity index (χ1v) is 12.0. The molecule has 0 saturated heterocycles. The highest BCUT2D eigenvalue weighted by Gasteiger charge is 2.37. The third-order valence-corrected chi connectivity index (χ3v) is 6.29. The number of hydrogen-bond donors (Lipinski definition) is 3. The quantitative estimate of drug-likeness (QED) is 0.439. The minimum atomic E-state index is -3.79. The number of benzene rings is 1. The Labute approximate surface area is 192 Å². The Hall–Kier alpha value is -2.89. The Kier molecular flexibility index (Phi) is 8.28. The molecule has 0 aliphatic rings. The normalized spacial score (nSPS) is 14.5. The van der Waals surface area contributed by atoms with E-state index in [2.05, 4.69) is 16.5 Å². The van der Waals surface area contributed by atoms with Crippen molar-refractivity contribution in [2.24, 2.45) is 0 Å². The van der Waals surface area contributed by atoms with E-state index in [0.29, 0.717) is 0 Å². The Bertz CT molecular complexity index is 1140. The highest BCUT2D eigenvalue weighted by molar-refractivity contribution is 7.92. The van der Waals surface area contributed by atoms with Gasteiger partial charge < -0.3 is 15.3 Å². The van der Waals surface area contributed by atoms with Crippen molar-refractivity contribution in [2.45, 2.75) is 44.3 Å². The van der Waals surface area contributed by atoms with Gasteiger partial charge in [0.1, 0.15) is 11.7 Å². The van der Waals surface area contributed by atoms with E-state index in [1.54, 1.807) is 13.8 Å². The molecule has 0 fully saturated rings. The highest BCUT2D eigenvalue weighted by Crippen LogP contribution is 2.38. The van der Waals surface area contributed by atoms with Gasteiger partial charge in [0.05, 0.1) is 29.9 Å². The largest absolute Gasteiger partial charge is 0.481 e. The first-order chi connectivity index (χ1) is 15.3. The van der Waals surface area contributed by atoms with Crippen molar-refractivity contribution in [3.63, 3.8) is 0 Å². The molecule has 0 amide bonds. The third-order valence-electron chi connectivity index (χ3n) is 5.14. The predicted octanol–water partition coefficient (Wildman–Crippen LogP) is 2.27. The van der Waals surface area contributed by atoms with Gasteiger partial charge in [-0.25, -0.2) is 27.1 Å². The molecule has 1 unspecified atom stereocenters. The molecule has 33 heavy (non-hydrogen) atoms. The number of sulfonamides is 1. The Balaban J connectivity index is 2.96. The van der Waals surface area contributed by atoms with Crippen molar-refractivity contribution < 1.29 is 32.9 Å². The van der Waals surface area contributed by atoms with Crippen LogP contribution < -0.4 is 4.31 Å². The number of rotatable bonds is 10. The number of aliphatic carboxylic acids is 1. The molecule has 0 spiro atoms. The standard InChI is InChI=1S/C22H28FN3O6S/c1-6-13(27)11-16(28)17(21(29)30)18-19(12(2)3)24-22(26(4)33(5,31)32)25-20(18)14-9-7-8-10-15(14)23/h6-10,12-13,16-17,27-28H,1,11H2,2-5H3,(H,29,30)/t13-,16-,17?/m1/s1. The molecule has 1 aromatic heterocycles. The number of carbonyl (C=O) groups is 1. The molecule has 2 rings (SSSR count). The van der Waals surface area contributed by atoms with E-state index in [1.807, 2.05) is 0 Å². The van der Waals surface area contributed by atoms with Crippen LogP contribution in [0.2, 0.25) is 0 Å². The average Bonchev–Trinajstić information content (AvgIpc) is 2.72. The molecule has 180 valence electrons. The zero-order valence-electron chi connectivity index (χ0n) is 18.8. The Morgan fingerprint density at radius 1 is 1.24 bits per heavy atom. The molecule has 0 aliphatic heterocycles. The maximum atomic E-state index is 14.8. The van der Waals surface area contributed by atoms with Gasteiger partial charge in [0, 0.05) is 24.6 Å². The lowest BCUT2D eigenvalue weighted by Gasteiger charge is -2.27. The minimum Gasteiger partial charge on any atom is -0.481 e. The molecule has 1 aromatic carbocycles. The fourth-order valence-corrected chi connectivity index (χ4v) is 3.71. The summed E-state index contributed by atoms with van der Waals surface area (Å²) in [5.41, 5.74) is -0.162. The smallest absolute Gasteiger partial charge is 0.313 e. The van der Waals surface area contributed by atoms with E-state index in [1.165, 1.54) is 25.2 Å². The van der Waals surface area contributed by atoms with Gasteiger partial charge in [-0.2, -0.15) is 0 Å². The van der Waals surface area contributed by atoms with Crippen LogP contribution in [0.5, 0.6) is 0 Å². The molecular weight excluding hydrogens is 453 g/mol. The van der Waals surface area contributed by atoms with Gasteiger partial charge in [-0.05, 0) is 18.1 Å². The third kappa shape index (κ3) is 5.92.